The fourth-order valence-corrected chi connectivity index (χ4v) is 2.26. The van der Waals surface area contributed by atoms with Crippen LogP contribution in [0, 0.1) is 0 Å². The van der Waals surface area contributed by atoms with E-state index in [0.717, 1.165) is 22.2 Å². The largest absolute Gasteiger partial charge is 0.493 e. The lowest BCUT2D eigenvalue weighted by atomic mass is 10.0. The number of fused-ring (bicyclic) bond motifs is 1. The predicted molar refractivity (Wildman–Crippen MR) is 69.1 cm³/mol. The van der Waals surface area contributed by atoms with Crippen LogP contribution in [0.15, 0.2) is 22.7 Å². The summed E-state index contributed by atoms with van der Waals surface area (Å²) in [7, 11) is 1.64. The van der Waals surface area contributed by atoms with Gasteiger partial charge in [-0.3, -0.25) is 4.79 Å². The van der Waals surface area contributed by atoms with Crippen molar-refractivity contribution in [1.29, 1.82) is 0 Å². The van der Waals surface area contributed by atoms with Gasteiger partial charge in [-0.05, 0) is 18.2 Å². The van der Waals surface area contributed by atoms with Gasteiger partial charge in [0.25, 0.3) is 0 Å². The average Bonchev–Trinajstić information content (AvgIpc) is 2.35. The van der Waals surface area contributed by atoms with Crippen LogP contribution < -0.4 is 15.4 Å². The standard InChI is InChI=1S/C12H15BrN2O2/c1-14-12(16)7-15-10-4-5-17-11-3-2-8(13)6-9(10)11/h2-3,6,10,15H,4-5,7H2,1H3,(H,14,16). The van der Waals surface area contributed by atoms with Gasteiger partial charge in [0.15, 0.2) is 0 Å². The number of carbonyl (C=O) groups excluding carboxylic acids is 1. The number of hydrogen-bond donors (Lipinski definition) is 2. The Morgan fingerprint density at radius 1 is 1.59 bits per heavy atom. The first kappa shape index (κ1) is 12.4. The molecule has 1 aromatic carbocycles. The SMILES string of the molecule is CNC(=O)CNC1CCOc2ccc(Br)cc21. The molecule has 0 aliphatic carbocycles. The van der Waals surface area contributed by atoms with E-state index in [2.05, 4.69) is 26.6 Å². The number of benzene rings is 1. The van der Waals surface area contributed by atoms with Gasteiger partial charge in [-0.25, -0.2) is 0 Å². The van der Waals surface area contributed by atoms with Crippen molar-refractivity contribution in [2.45, 2.75) is 12.5 Å². The summed E-state index contributed by atoms with van der Waals surface area (Å²) < 4.78 is 6.60. The molecule has 0 bridgehead atoms. The van der Waals surface area contributed by atoms with Crippen molar-refractivity contribution in [2.24, 2.45) is 0 Å². The van der Waals surface area contributed by atoms with Gasteiger partial charge in [0, 0.05) is 29.5 Å². The number of halogens is 1. The molecule has 0 saturated heterocycles. The van der Waals surface area contributed by atoms with E-state index >= 15 is 0 Å². The molecule has 2 rings (SSSR count). The maximum Gasteiger partial charge on any atom is 0.233 e. The van der Waals surface area contributed by atoms with E-state index in [0.29, 0.717) is 13.2 Å². The fraction of sp³-hybridized carbons (Fsp3) is 0.417. The smallest absolute Gasteiger partial charge is 0.233 e. The molecule has 5 heteroatoms. The normalized spacial score (nSPS) is 18.1. The van der Waals surface area contributed by atoms with E-state index in [1.807, 2.05) is 18.2 Å². The van der Waals surface area contributed by atoms with E-state index in [4.69, 9.17) is 4.74 Å². The number of carbonyl (C=O) groups is 1. The minimum absolute atomic E-state index is 0.00645. The van der Waals surface area contributed by atoms with E-state index in [1.54, 1.807) is 7.05 Å². The molecule has 1 aromatic rings. The molecule has 1 heterocycles. The van der Waals surface area contributed by atoms with Crippen LogP contribution in [0.25, 0.3) is 0 Å². The lowest BCUT2D eigenvalue weighted by Crippen LogP contribution is -2.35. The molecule has 1 unspecified atom stereocenters. The third kappa shape index (κ3) is 2.98. The van der Waals surface area contributed by atoms with Crippen LogP contribution in [0.5, 0.6) is 5.75 Å². The van der Waals surface area contributed by atoms with Crippen LogP contribution in [0.2, 0.25) is 0 Å². The summed E-state index contributed by atoms with van der Waals surface area (Å²) in [6.45, 7) is 1.01. The zero-order valence-electron chi connectivity index (χ0n) is 9.63. The average molecular weight is 299 g/mol. The molecule has 0 aromatic heterocycles. The number of hydrogen-bond acceptors (Lipinski definition) is 3. The zero-order valence-corrected chi connectivity index (χ0v) is 11.2. The summed E-state index contributed by atoms with van der Waals surface area (Å²) in [4.78, 5) is 11.2. The Labute approximate surface area is 109 Å². The summed E-state index contributed by atoms with van der Waals surface area (Å²) >= 11 is 3.45. The highest BCUT2D eigenvalue weighted by Gasteiger charge is 2.21. The van der Waals surface area contributed by atoms with Gasteiger partial charge in [-0.2, -0.15) is 0 Å². The molecule has 17 heavy (non-hydrogen) atoms. The van der Waals surface area contributed by atoms with E-state index in [1.165, 1.54) is 0 Å². The fourth-order valence-electron chi connectivity index (χ4n) is 1.88. The molecule has 0 fully saturated rings. The molecular weight excluding hydrogens is 284 g/mol. The van der Waals surface area contributed by atoms with E-state index < -0.39 is 0 Å². The van der Waals surface area contributed by atoms with Crippen LogP contribution in [0.4, 0.5) is 0 Å². The lowest BCUT2D eigenvalue weighted by molar-refractivity contribution is -0.119. The van der Waals surface area contributed by atoms with Gasteiger partial charge in [0.2, 0.25) is 5.91 Å². The lowest BCUT2D eigenvalue weighted by Gasteiger charge is -2.26. The highest BCUT2D eigenvalue weighted by Crippen LogP contribution is 2.33. The van der Waals surface area contributed by atoms with Crippen LogP contribution in [0.1, 0.15) is 18.0 Å². The molecule has 0 spiro atoms. The second kappa shape index (κ2) is 5.51. The summed E-state index contributed by atoms with van der Waals surface area (Å²) in [5.41, 5.74) is 1.11. The molecule has 4 nitrogen and oxygen atoms in total. The molecule has 1 atom stereocenters. The monoisotopic (exact) mass is 298 g/mol. The van der Waals surface area contributed by atoms with Crippen molar-refractivity contribution in [3.63, 3.8) is 0 Å². The van der Waals surface area contributed by atoms with Crippen LogP contribution in [-0.2, 0) is 4.79 Å². The van der Waals surface area contributed by atoms with Gasteiger partial charge in [0.1, 0.15) is 5.75 Å². The molecule has 1 amide bonds. The highest BCUT2D eigenvalue weighted by atomic mass is 79.9. The van der Waals surface area contributed by atoms with Gasteiger partial charge in [-0.15, -0.1) is 0 Å². The number of likely N-dealkylation sites (N-methyl/N-ethyl adjacent to an activating group) is 1. The Balaban J connectivity index is 2.11. The molecule has 0 radical (unpaired) electrons. The van der Waals surface area contributed by atoms with Gasteiger partial charge < -0.3 is 15.4 Å². The number of rotatable bonds is 3. The topological polar surface area (TPSA) is 50.4 Å². The first-order valence-electron chi connectivity index (χ1n) is 5.57. The van der Waals surface area contributed by atoms with Gasteiger partial charge in [0.05, 0.1) is 13.2 Å². The van der Waals surface area contributed by atoms with Crippen molar-refractivity contribution in [3.05, 3.63) is 28.2 Å². The van der Waals surface area contributed by atoms with Crippen LogP contribution in [0.3, 0.4) is 0 Å². The predicted octanol–water partition coefficient (Wildman–Crippen LogP) is 1.61. The minimum Gasteiger partial charge on any atom is -0.493 e. The second-order valence-electron chi connectivity index (χ2n) is 3.93. The maximum atomic E-state index is 11.2. The Morgan fingerprint density at radius 2 is 2.41 bits per heavy atom. The summed E-state index contributed by atoms with van der Waals surface area (Å²) in [5, 5.41) is 5.84. The van der Waals surface area contributed by atoms with Gasteiger partial charge >= 0.3 is 0 Å². The van der Waals surface area contributed by atoms with E-state index in [9.17, 15) is 4.79 Å². The molecule has 1 aliphatic rings. The van der Waals surface area contributed by atoms with Crippen molar-refractivity contribution >= 4 is 21.8 Å². The van der Waals surface area contributed by atoms with Crippen molar-refractivity contribution in [2.75, 3.05) is 20.2 Å². The summed E-state index contributed by atoms with van der Waals surface area (Å²) in [6, 6.07) is 6.12. The van der Waals surface area contributed by atoms with Gasteiger partial charge in [-0.1, -0.05) is 15.9 Å². The second-order valence-corrected chi connectivity index (χ2v) is 4.84. The summed E-state index contributed by atoms with van der Waals surface area (Å²) in [6.07, 6.45) is 0.875. The Bertz CT molecular complexity index is 423. The van der Waals surface area contributed by atoms with Crippen LogP contribution in [-0.4, -0.2) is 26.1 Å². The van der Waals surface area contributed by atoms with E-state index in [-0.39, 0.29) is 11.9 Å². The Kier molecular flexibility index (Phi) is 4.02. The highest BCUT2D eigenvalue weighted by molar-refractivity contribution is 9.10. The number of nitrogens with one attached hydrogen (secondary N) is 2. The Hall–Kier alpha value is -1.07. The summed E-state index contributed by atoms with van der Waals surface area (Å²) in [5.74, 6) is 0.891. The Morgan fingerprint density at radius 3 is 3.18 bits per heavy atom. The van der Waals surface area contributed by atoms with Crippen LogP contribution >= 0.6 is 15.9 Å². The number of amides is 1. The molecule has 92 valence electrons. The quantitative estimate of drug-likeness (QED) is 0.891. The third-order valence-corrected chi connectivity index (χ3v) is 3.29. The third-order valence-electron chi connectivity index (χ3n) is 2.80. The molecule has 0 saturated carbocycles. The molecular formula is C12H15BrN2O2. The number of ether oxygens (including phenoxy) is 1. The maximum absolute atomic E-state index is 11.2. The first-order chi connectivity index (χ1) is 8.20. The van der Waals surface area contributed by atoms with Crippen molar-refractivity contribution < 1.29 is 9.53 Å². The van der Waals surface area contributed by atoms with Crippen molar-refractivity contribution in [3.8, 4) is 5.75 Å². The molecule has 1 aliphatic heterocycles. The minimum atomic E-state index is -0.00645. The zero-order chi connectivity index (χ0) is 12.3. The first-order valence-corrected chi connectivity index (χ1v) is 6.36. The van der Waals surface area contributed by atoms with Crippen molar-refractivity contribution in [1.82, 2.24) is 10.6 Å². The molecule has 2 N–H and O–H groups in total.